The van der Waals surface area contributed by atoms with Crippen LogP contribution in [0.2, 0.25) is 0 Å². The van der Waals surface area contributed by atoms with Gasteiger partial charge in [0.25, 0.3) is 5.91 Å². The summed E-state index contributed by atoms with van der Waals surface area (Å²) in [4.78, 5) is 26.4. The van der Waals surface area contributed by atoms with Crippen LogP contribution in [0.25, 0.3) is 0 Å². The molecule has 0 aliphatic carbocycles. The SMILES string of the molecule is COc1coc(C(=O)N2CCC[C@@H](C)c3ccccc32)cc1=O. The molecule has 1 amide bonds. The average Bonchev–Trinajstić information content (AvgIpc) is 2.74. The number of para-hydroxylation sites is 1. The summed E-state index contributed by atoms with van der Waals surface area (Å²) >= 11 is 0. The molecule has 2 heterocycles. The number of nitrogens with zero attached hydrogens (tertiary/aromatic N) is 1. The number of hydrogen-bond donors (Lipinski definition) is 0. The fraction of sp³-hybridized carbons (Fsp3) is 0.333. The second-order valence-corrected chi connectivity index (χ2v) is 5.74. The van der Waals surface area contributed by atoms with Crippen LogP contribution in [0.15, 0.2) is 45.8 Å². The minimum absolute atomic E-state index is 0.0279. The summed E-state index contributed by atoms with van der Waals surface area (Å²) in [5, 5.41) is 0. The van der Waals surface area contributed by atoms with Crippen LogP contribution in [0.1, 0.15) is 41.8 Å². The number of anilines is 1. The Morgan fingerprint density at radius 2 is 2.13 bits per heavy atom. The number of amides is 1. The van der Waals surface area contributed by atoms with Gasteiger partial charge in [-0.3, -0.25) is 9.59 Å². The van der Waals surface area contributed by atoms with E-state index in [9.17, 15) is 9.59 Å². The number of hydrogen-bond acceptors (Lipinski definition) is 4. The van der Waals surface area contributed by atoms with Crippen molar-refractivity contribution in [3.63, 3.8) is 0 Å². The number of rotatable bonds is 2. The van der Waals surface area contributed by atoms with Crippen molar-refractivity contribution < 1.29 is 13.9 Å². The predicted molar refractivity (Wildman–Crippen MR) is 87.3 cm³/mol. The molecule has 0 bridgehead atoms. The molecule has 0 radical (unpaired) electrons. The van der Waals surface area contributed by atoms with Crippen LogP contribution in [0.3, 0.4) is 0 Å². The van der Waals surface area contributed by atoms with Crippen LogP contribution in [0, 0.1) is 0 Å². The van der Waals surface area contributed by atoms with Crippen molar-refractivity contribution in [2.45, 2.75) is 25.7 Å². The monoisotopic (exact) mass is 313 g/mol. The third-order valence-corrected chi connectivity index (χ3v) is 4.25. The maximum Gasteiger partial charge on any atom is 0.294 e. The van der Waals surface area contributed by atoms with E-state index in [1.807, 2.05) is 18.2 Å². The summed E-state index contributed by atoms with van der Waals surface area (Å²) in [7, 11) is 1.39. The molecule has 5 heteroatoms. The highest BCUT2D eigenvalue weighted by molar-refractivity contribution is 6.04. The molecule has 2 aromatic rings. The van der Waals surface area contributed by atoms with Gasteiger partial charge in [0.15, 0.2) is 5.76 Å². The van der Waals surface area contributed by atoms with Gasteiger partial charge in [-0.25, -0.2) is 0 Å². The normalized spacial score (nSPS) is 17.3. The lowest BCUT2D eigenvalue weighted by Gasteiger charge is -2.22. The number of carbonyl (C=O) groups is 1. The number of methoxy groups -OCH3 is 1. The van der Waals surface area contributed by atoms with Crippen LogP contribution in [0.4, 0.5) is 5.69 Å². The highest BCUT2D eigenvalue weighted by Gasteiger charge is 2.26. The first-order chi connectivity index (χ1) is 11.1. The molecule has 0 saturated heterocycles. The van der Waals surface area contributed by atoms with Crippen molar-refractivity contribution in [1.29, 1.82) is 0 Å². The van der Waals surface area contributed by atoms with Crippen molar-refractivity contribution in [3.05, 3.63) is 58.1 Å². The Labute approximate surface area is 134 Å². The van der Waals surface area contributed by atoms with Crippen LogP contribution in [0.5, 0.6) is 5.75 Å². The molecule has 3 rings (SSSR count). The molecule has 0 unspecified atom stereocenters. The smallest absolute Gasteiger partial charge is 0.294 e. The van der Waals surface area contributed by atoms with E-state index >= 15 is 0 Å². The highest BCUT2D eigenvalue weighted by atomic mass is 16.5. The molecule has 23 heavy (non-hydrogen) atoms. The summed E-state index contributed by atoms with van der Waals surface area (Å²) in [6.45, 7) is 2.77. The molecule has 1 atom stereocenters. The second kappa shape index (κ2) is 6.28. The van der Waals surface area contributed by atoms with Gasteiger partial charge >= 0.3 is 0 Å². The molecular formula is C18H19NO4. The summed E-state index contributed by atoms with van der Waals surface area (Å²) in [6.07, 6.45) is 3.11. The fourth-order valence-corrected chi connectivity index (χ4v) is 2.99. The van der Waals surface area contributed by atoms with E-state index in [0.717, 1.165) is 24.1 Å². The van der Waals surface area contributed by atoms with Gasteiger partial charge in [-0.2, -0.15) is 0 Å². The molecule has 5 nitrogen and oxygen atoms in total. The van der Waals surface area contributed by atoms with Crippen LogP contribution in [-0.2, 0) is 0 Å². The first kappa shape index (κ1) is 15.3. The molecule has 0 spiro atoms. The second-order valence-electron chi connectivity index (χ2n) is 5.74. The largest absolute Gasteiger partial charge is 0.490 e. The van der Waals surface area contributed by atoms with E-state index in [2.05, 4.69) is 13.0 Å². The third kappa shape index (κ3) is 2.86. The van der Waals surface area contributed by atoms with Crippen LogP contribution >= 0.6 is 0 Å². The van der Waals surface area contributed by atoms with Gasteiger partial charge in [-0.1, -0.05) is 25.1 Å². The quantitative estimate of drug-likeness (QED) is 0.854. The lowest BCUT2D eigenvalue weighted by atomic mass is 9.96. The summed E-state index contributed by atoms with van der Waals surface area (Å²) in [5.41, 5.74) is 1.67. The molecule has 120 valence electrons. The van der Waals surface area contributed by atoms with Crippen molar-refractivity contribution in [2.24, 2.45) is 0 Å². The van der Waals surface area contributed by atoms with E-state index in [4.69, 9.17) is 9.15 Å². The molecule has 0 saturated carbocycles. The number of carbonyl (C=O) groups excluding carboxylic acids is 1. The van der Waals surface area contributed by atoms with Gasteiger partial charge in [-0.05, 0) is 30.4 Å². The number of ether oxygens (including phenoxy) is 1. The zero-order valence-electron chi connectivity index (χ0n) is 13.2. The minimum atomic E-state index is -0.362. The Balaban J connectivity index is 2.00. The topological polar surface area (TPSA) is 59.8 Å². The Kier molecular flexibility index (Phi) is 4.19. The van der Waals surface area contributed by atoms with Crippen molar-refractivity contribution in [1.82, 2.24) is 0 Å². The molecule has 0 fully saturated rings. The average molecular weight is 313 g/mol. The maximum absolute atomic E-state index is 12.8. The van der Waals surface area contributed by atoms with E-state index in [0.29, 0.717) is 12.5 Å². The Morgan fingerprint density at radius 1 is 1.35 bits per heavy atom. The number of fused-ring (bicyclic) bond motifs is 1. The lowest BCUT2D eigenvalue weighted by Crippen LogP contribution is -2.32. The van der Waals surface area contributed by atoms with E-state index < -0.39 is 0 Å². The summed E-state index contributed by atoms with van der Waals surface area (Å²) < 4.78 is 10.2. The first-order valence-electron chi connectivity index (χ1n) is 7.69. The summed E-state index contributed by atoms with van der Waals surface area (Å²) in [6, 6.07) is 9.09. The first-order valence-corrected chi connectivity index (χ1v) is 7.69. The Hall–Kier alpha value is -2.56. The van der Waals surface area contributed by atoms with Crippen molar-refractivity contribution >= 4 is 11.6 Å². The van der Waals surface area contributed by atoms with Gasteiger partial charge in [0.2, 0.25) is 11.2 Å². The van der Waals surface area contributed by atoms with Crippen molar-refractivity contribution in [2.75, 3.05) is 18.6 Å². The zero-order chi connectivity index (χ0) is 16.4. The van der Waals surface area contributed by atoms with Gasteiger partial charge < -0.3 is 14.1 Å². The fourth-order valence-electron chi connectivity index (χ4n) is 2.99. The summed E-state index contributed by atoms with van der Waals surface area (Å²) in [5.74, 6) is 0.213. The molecule has 1 aromatic carbocycles. The van der Waals surface area contributed by atoms with E-state index in [-0.39, 0.29) is 22.8 Å². The molecule has 0 N–H and O–H groups in total. The van der Waals surface area contributed by atoms with Crippen LogP contribution < -0.4 is 15.1 Å². The van der Waals surface area contributed by atoms with Gasteiger partial charge in [0, 0.05) is 18.3 Å². The predicted octanol–water partition coefficient (Wildman–Crippen LogP) is 3.19. The number of benzene rings is 1. The molecule has 1 aliphatic heterocycles. The highest BCUT2D eigenvalue weighted by Crippen LogP contribution is 2.34. The Bertz CT molecular complexity index is 781. The maximum atomic E-state index is 12.8. The van der Waals surface area contributed by atoms with Crippen molar-refractivity contribution in [3.8, 4) is 5.75 Å². The van der Waals surface area contributed by atoms with Gasteiger partial charge in [0.05, 0.1) is 7.11 Å². The van der Waals surface area contributed by atoms with Gasteiger partial charge in [0.1, 0.15) is 6.26 Å². The molecule has 1 aliphatic rings. The minimum Gasteiger partial charge on any atom is -0.490 e. The zero-order valence-corrected chi connectivity index (χ0v) is 13.2. The van der Waals surface area contributed by atoms with Crippen LogP contribution in [-0.4, -0.2) is 19.6 Å². The lowest BCUT2D eigenvalue weighted by molar-refractivity contribution is 0.0957. The Morgan fingerprint density at radius 3 is 2.87 bits per heavy atom. The molecular weight excluding hydrogens is 294 g/mol. The van der Waals surface area contributed by atoms with Gasteiger partial charge in [-0.15, -0.1) is 0 Å². The van der Waals surface area contributed by atoms with E-state index in [1.165, 1.54) is 19.4 Å². The third-order valence-electron chi connectivity index (χ3n) is 4.25. The standard InChI is InChI=1S/C18H19NO4/c1-12-6-5-9-19(14-8-4-3-7-13(12)14)18(21)16-10-15(20)17(22-2)11-23-16/h3-4,7-8,10-12H,5-6,9H2,1-2H3/t12-/m1/s1. The molecule has 1 aromatic heterocycles. The van der Waals surface area contributed by atoms with E-state index in [1.54, 1.807) is 4.90 Å².